The molecular weight excluding hydrogens is 373 g/mol. The summed E-state index contributed by atoms with van der Waals surface area (Å²) in [7, 11) is 0. The van der Waals surface area contributed by atoms with Crippen LogP contribution in [0.25, 0.3) is 16.9 Å². The van der Waals surface area contributed by atoms with Gasteiger partial charge in [0.1, 0.15) is 11.3 Å². The van der Waals surface area contributed by atoms with Crippen molar-refractivity contribution in [3.8, 4) is 5.69 Å². The van der Waals surface area contributed by atoms with Gasteiger partial charge in [-0.2, -0.15) is 0 Å². The molecule has 1 aromatic carbocycles. The van der Waals surface area contributed by atoms with E-state index >= 15 is 0 Å². The summed E-state index contributed by atoms with van der Waals surface area (Å²) in [5.74, 6) is 1.50. The number of pyridine rings is 1. The molecule has 0 atom stereocenters. The van der Waals surface area contributed by atoms with E-state index in [4.69, 9.17) is 11.6 Å². The van der Waals surface area contributed by atoms with E-state index < -0.39 is 0 Å². The summed E-state index contributed by atoms with van der Waals surface area (Å²) >= 11 is 8.17. The highest BCUT2D eigenvalue weighted by Gasteiger charge is 2.12. The van der Waals surface area contributed by atoms with Gasteiger partial charge in [0.2, 0.25) is 0 Å². The summed E-state index contributed by atoms with van der Waals surface area (Å²) in [6.07, 6.45) is 2.52. The van der Waals surface area contributed by atoms with Gasteiger partial charge in [0.25, 0.3) is 0 Å². The molecule has 0 bridgehead atoms. The largest absolute Gasteiger partial charge is 0.281 e. The molecule has 5 heteroatoms. The standard InChI is InChI=1S/C14H11ClIN3/c15-8-7-13-18-12-2-1-9-17-14(12)19(13)11-5-3-10(16)4-6-11/h1-6,9H,7-8H2. The average Bonchev–Trinajstić information content (AvgIpc) is 2.78. The van der Waals surface area contributed by atoms with Crippen molar-refractivity contribution in [1.82, 2.24) is 14.5 Å². The van der Waals surface area contributed by atoms with Gasteiger partial charge < -0.3 is 0 Å². The summed E-state index contributed by atoms with van der Waals surface area (Å²) in [5.41, 5.74) is 2.85. The van der Waals surface area contributed by atoms with Gasteiger partial charge >= 0.3 is 0 Å². The van der Waals surface area contributed by atoms with E-state index in [2.05, 4.69) is 61.4 Å². The number of hydrogen-bond donors (Lipinski definition) is 0. The third-order valence-electron chi connectivity index (χ3n) is 2.89. The molecule has 2 heterocycles. The number of alkyl halides is 1. The van der Waals surface area contributed by atoms with Gasteiger partial charge in [0, 0.05) is 27.8 Å². The van der Waals surface area contributed by atoms with Gasteiger partial charge in [-0.3, -0.25) is 4.57 Å². The van der Waals surface area contributed by atoms with Crippen molar-refractivity contribution in [3.05, 3.63) is 52.0 Å². The molecule has 0 N–H and O–H groups in total. The van der Waals surface area contributed by atoms with E-state index in [9.17, 15) is 0 Å². The monoisotopic (exact) mass is 383 g/mol. The summed E-state index contributed by atoms with van der Waals surface area (Å²) in [6, 6.07) is 12.2. The zero-order valence-corrected chi connectivity index (χ0v) is 13.0. The Balaban J connectivity index is 2.24. The average molecular weight is 384 g/mol. The molecule has 3 nitrogen and oxygen atoms in total. The lowest BCUT2D eigenvalue weighted by atomic mass is 10.3. The summed E-state index contributed by atoms with van der Waals surface area (Å²) < 4.78 is 3.28. The number of nitrogens with zero attached hydrogens (tertiary/aromatic N) is 3. The molecule has 0 aliphatic rings. The fraction of sp³-hybridized carbons (Fsp3) is 0.143. The number of benzene rings is 1. The third kappa shape index (κ3) is 2.47. The minimum Gasteiger partial charge on any atom is -0.281 e. The first-order valence-electron chi connectivity index (χ1n) is 5.94. The summed E-state index contributed by atoms with van der Waals surface area (Å²) in [5, 5.41) is 0. The molecule has 0 fully saturated rings. The quantitative estimate of drug-likeness (QED) is 0.509. The molecule has 0 aliphatic carbocycles. The normalized spacial score (nSPS) is 11.1. The van der Waals surface area contributed by atoms with E-state index in [1.165, 1.54) is 3.57 Å². The van der Waals surface area contributed by atoms with Crippen LogP contribution >= 0.6 is 34.2 Å². The second kappa shape index (κ2) is 5.46. The zero-order chi connectivity index (χ0) is 13.2. The Hall–Kier alpha value is -1.14. The molecule has 0 radical (unpaired) electrons. The SMILES string of the molecule is ClCCc1nc2cccnc2n1-c1ccc(I)cc1. The molecule has 0 saturated heterocycles. The third-order valence-corrected chi connectivity index (χ3v) is 3.80. The highest BCUT2D eigenvalue weighted by molar-refractivity contribution is 14.1. The Morgan fingerprint density at radius 3 is 2.68 bits per heavy atom. The van der Waals surface area contributed by atoms with Gasteiger partial charge in [-0.05, 0) is 59.0 Å². The lowest BCUT2D eigenvalue weighted by Gasteiger charge is -2.07. The number of aromatic nitrogens is 3. The van der Waals surface area contributed by atoms with Crippen LogP contribution in [0.2, 0.25) is 0 Å². The number of halogens is 2. The predicted molar refractivity (Wildman–Crippen MR) is 86.0 cm³/mol. The van der Waals surface area contributed by atoms with Crippen LogP contribution in [-0.2, 0) is 6.42 Å². The molecule has 0 amide bonds. The van der Waals surface area contributed by atoms with Crippen LogP contribution in [0.3, 0.4) is 0 Å². The number of aryl methyl sites for hydroxylation is 1. The van der Waals surface area contributed by atoms with Gasteiger partial charge in [-0.1, -0.05) is 0 Å². The van der Waals surface area contributed by atoms with Crippen LogP contribution in [0, 0.1) is 3.57 Å². The van der Waals surface area contributed by atoms with Crippen LogP contribution in [0.1, 0.15) is 5.82 Å². The topological polar surface area (TPSA) is 30.7 Å². The van der Waals surface area contributed by atoms with E-state index in [0.717, 1.165) is 29.1 Å². The van der Waals surface area contributed by atoms with Crippen molar-refractivity contribution in [2.75, 3.05) is 5.88 Å². The van der Waals surface area contributed by atoms with Crippen LogP contribution in [0.15, 0.2) is 42.6 Å². The number of hydrogen-bond acceptors (Lipinski definition) is 2. The highest BCUT2D eigenvalue weighted by Crippen LogP contribution is 2.21. The maximum Gasteiger partial charge on any atom is 0.164 e. The molecule has 0 unspecified atom stereocenters. The number of imidazole rings is 1. The second-order valence-corrected chi connectivity index (χ2v) is 5.75. The molecule has 96 valence electrons. The fourth-order valence-electron chi connectivity index (χ4n) is 2.07. The Labute approximate surface area is 129 Å². The summed E-state index contributed by atoms with van der Waals surface area (Å²) in [4.78, 5) is 9.05. The highest BCUT2D eigenvalue weighted by atomic mass is 127. The first-order chi connectivity index (χ1) is 9.29. The first-order valence-corrected chi connectivity index (χ1v) is 7.55. The molecule has 3 rings (SSSR count). The van der Waals surface area contributed by atoms with Crippen molar-refractivity contribution in [2.45, 2.75) is 6.42 Å². The number of fused-ring (bicyclic) bond motifs is 1. The van der Waals surface area contributed by atoms with Crippen LogP contribution in [0.5, 0.6) is 0 Å². The van der Waals surface area contributed by atoms with E-state index in [1.54, 1.807) is 6.20 Å². The van der Waals surface area contributed by atoms with Crippen molar-refractivity contribution < 1.29 is 0 Å². The molecule has 0 spiro atoms. The predicted octanol–water partition coefficient (Wildman–Crippen LogP) is 3.81. The van der Waals surface area contributed by atoms with Crippen molar-refractivity contribution in [1.29, 1.82) is 0 Å². The van der Waals surface area contributed by atoms with Crippen LogP contribution < -0.4 is 0 Å². The minimum atomic E-state index is 0.549. The number of rotatable bonds is 3. The molecule has 2 aromatic heterocycles. The van der Waals surface area contributed by atoms with Gasteiger partial charge in [0.05, 0.1) is 0 Å². The lowest BCUT2D eigenvalue weighted by molar-refractivity contribution is 0.905. The van der Waals surface area contributed by atoms with Gasteiger partial charge in [-0.15, -0.1) is 11.6 Å². The maximum atomic E-state index is 5.87. The molecule has 19 heavy (non-hydrogen) atoms. The molecular formula is C14H11ClIN3. The Kier molecular flexibility index (Phi) is 3.70. The van der Waals surface area contributed by atoms with Crippen LogP contribution in [0.4, 0.5) is 0 Å². The second-order valence-electron chi connectivity index (χ2n) is 4.12. The lowest BCUT2D eigenvalue weighted by Crippen LogP contribution is -2.02. The van der Waals surface area contributed by atoms with Crippen molar-refractivity contribution in [3.63, 3.8) is 0 Å². The smallest absolute Gasteiger partial charge is 0.164 e. The van der Waals surface area contributed by atoms with Gasteiger partial charge in [-0.25, -0.2) is 9.97 Å². The van der Waals surface area contributed by atoms with Crippen molar-refractivity contribution in [2.24, 2.45) is 0 Å². The minimum absolute atomic E-state index is 0.549. The molecule has 0 aliphatic heterocycles. The first kappa shape index (κ1) is 12.9. The Morgan fingerprint density at radius 1 is 1.16 bits per heavy atom. The Morgan fingerprint density at radius 2 is 1.95 bits per heavy atom. The van der Waals surface area contributed by atoms with E-state index in [-0.39, 0.29) is 0 Å². The molecule has 3 aromatic rings. The van der Waals surface area contributed by atoms with Crippen LogP contribution in [-0.4, -0.2) is 20.4 Å². The van der Waals surface area contributed by atoms with Gasteiger partial charge in [0.15, 0.2) is 5.65 Å². The Bertz CT molecular complexity index is 706. The zero-order valence-electron chi connectivity index (χ0n) is 10.1. The fourth-order valence-corrected chi connectivity index (χ4v) is 2.60. The van der Waals surface area contributed by atoms with E-state index in [0.29, 0.717) is 5.88 Å². The van der Waals surface area contributed by atoms with Crippen molar-refractivity contribution >= 4 is 45.4 Å². The van der Waals surface area contributed by atoms with E-state index in [1.807, 2.05) is 12.1 Å². The maximum absolute atomic E-state index is 5.87. The molecule has 0 saturated carbocycles. The summed E-state index contributed by atoms with van der Waals surface area (Å²) in [6.45, 7) is 0.